The van der Waals surface area contributed by atoms with Crippen LogP contribution in [0, 0.1) is 22.9 Å². The van der Waals surface area contributed by atoms with Gasteiger partial charge in [0.2, 0.25) is 11.7 Å². The Morgan fingerprint density at radius 1 is 1.27 bits per heavy atom. The lowest BCUT2D eigenvalue weighted by Crippen LogP contribution is -2.15. The number of hydrogen-bond donors (Lipinski definition) is 1. The van der Waals surface area contributed by atoms with Crippen molar-refractivity contribution in [3.8, 4) is 11.4 Å². The van der Waals surface area contributed by atoms with E-state index in [1.165, 1.54) is 17.8 Å². The van der Waals surface area contributed by atoms with Gasteiger partial charge in [-0.15, -0.1) is 10.2 Å². The van der Waals surface area contributed by atoms with Crippen LogP contribution in [0.2, 0.25) is 0 Å². The maximum Gasteiger partial charge on any atom is 0.306 e. The number of rotatable bonds is 8. The van der Waals surface area contributed by atoms with Crippen molar-refractivity contribution in [3.05, 3.63) is 64.0 Å². The smallest absolute Gasteiger partial charge is 0.306 e. The molecule has 0 atom stereocenters. The first kappa shape index (κ1) is 21.4. The normalized spacial score (nSPS) is 10.8. The van der Waals surface area contributed by atoms with E-state index < -0.39 is 16.4 Å². The van der Waals surface area contributed by atoms with E-state index in [1.807, 2.05) is 42.7 Å². The van der Waals surface area contributed by atoms with Gasteiger partial charge >= 0.3 is 5.69 Å². The van der Waals surface area contributed by atoms with Gasteiger partial charge < -0.3 is 9.88 Å². The van der Waals surface area contributed by atoms with E-state index in [0.717, 1.165) is 35.5 Å². The molecule has 0 saturated heterocycles. The van der Waals surface area contributed by atoms with Gasteiger partial charge in [-0.05, 0) is 31.5 Å². The van der Waals surface area contributed by atoms with Gasteiger partial charge in [0.05, 0.1) is 10.7 Å². The minimum atomic E-state index is -0.955. The maximum atomic E-state index is 13.4. The van der Waals surface area contributed by atoms with E-state index >= 15 is 0 Å². The van der Waals surface area contributed by atoms with Gasteiger partial charge in [0, 0.05) is 23.9 Å². The summed E-state index contributed by atoms with van der Waals surface area (Å²) in [6.45, 7) is 4.75. The molecule has 2 aromatic carbocycles. The van der Waals surface area contributed by atoms with Crippen LogP contribution >= 0.6 is 11.8 Å². The summed E-state index contributed by atoms with van der Waals surface area (Å²) in [4.78, 5) is 22.3. The number of hydrogen-bond acceptors (Lipinski definition) is 6. The van der Waals surface area contributed by atoms with E-state index in [2.05, 4.69) is 15.5 Å². The molecule has 0 unspecified atom stereocenters. The number of nitro benzene ring substituents is 1. The molecule has 30 heavy (non-hydrogen) atoms. The Morgan fingerprint density at radius 2 is 2.07 bits per heavy atom. The Labute approximate surface area is 176 Å². The van der Waals surface area contributed by atoms with E-state index in [1.54, 1.807) is 0 Å². The summed E-state index contributed by atoms with van der Waals surface area (Å²) in [6, 6.07) is 11.2. The average molecular weight is 429 g/mol. The minimum absolute atomic E-state index is 0.0286. The summed E-state index contributed by atoms with van der Waals surface area (Å²) in [5.74, 6) is -0.578. The third-order valence-corrected chi connectivity index (χ3v) is 5.17. The molecular weight excluding hydrogens is 409 g/mol. The first-order valence-corrected chi connectivity index (χ1v) is 10.2. The number of nitrogens with zero attached hydrogens (tertiary/aromatic N) is 4. The van der Waals surface area contributed by atoms with Crippen molar-refractivity contribution in [3.63, 3.8) is 0 Å². The predicted octanol–water partition coefficient (Wildman–Crippen LogP) is 4.44. The molecule has 0 aliphatic heterocycles. The largest absolute Gasteiger partial charge is 0.325 e. The van der Waals surface area contributed by atoms with Gasteiger partial charge in [0.25, 0.3) is 0 Å². The molecule has 0 aliphatic rings. The highest BCUT2D eigenvalue weighted by atomic mass is 32.2. The fourth-order valence-corrected chi connectivity index (χ4v) is 3.64. The van der Waals surface area contributed by atoms with E-state index in [-0.39, 0.29) is 17.3 Å². The van der Waals surface area contributed by atoms with Crippen LogP contribution in [-0.4, -0.2) is 31.3 Å². The molecule has 0 aliphatic carbocycles. The molecule has 156 valence electrons. The average Bonchev–Trinajstić information content (AvgIpc) is 3.10. The lowest BCUT2D eigenvalue weighted by Gasteiger charge is -2.09. The molecular formula is C20H20FN5O3S. The lowest BCUT2D eigenvalue weighted by molar-refractivity contribution is -0.387. The van der Waals surface area contributed by atoms with Crippen LogP contribution in [0.3, 0.4) is 0 Å². The second-order valence-corrected chi connectivity index (χ2v) is 7.53. The molecule has 1 heterocycles. The molecule has 0 bridgehead atoms. The third kappa shape index (κ3) is 5.01. The van der Waals surface area contributed by atoms with Crippen LogP contribution < -0.4 is 5.32 Å². The van der Waals surface area contributed by atoms with E-state index in [9.17, 15) is 19.3 Å². The Bertz CT molecular complexity index is 1090. The standard InChI is InChI=1S/C20H20FN5O3S/c1-3-9-25-19(14-6-4-5-13(2)10-14)23-24-20(25)30-12-18(27)22-15-7-8-16(21)17(11-15)26(28)29/h4-8,10-11H,3,9,12H2,1-2H3,(H,22,27). The van der Waals surface area contributed by atoms with Crippen LogP contribution in [0.1, 0.15) is 18.9 Å². The zero-order valence-electron chi connectivity index (χ0n) is 16.5. The number of nitro groups is 1. The topological polar surface area (TPSA) is 103 Å². The number of aryl methyl sites for hydroxylation is 1. The van der Waals surface area contributed by atoms with Crippen molar-refractivity contribution < 1.29 is 14.1 Å². The maximum absolute atomic E-state index is 13.4. The molecule has 0 radical (unpaired) electrons. The third-order valence-electron chi connectivity index (χ3n) is 4.20. The second-order valence-electron chi connectivity index (χ2n) is 6.59. The molecule has 1 aromatic heterocycles. The molecule has 0 saturated carbocycles. The van der Waals surface area contributed by atoms with Gasteiger partial charge in [-0.3, -0.25) is 14.9 Å². The first-order chi connectivity index (χ1) is 14.4. The van der Waals surface area contributed by atoms with E-state index in [0.29, 0.717) is 11.7 Å². The molecule has 10 heteroatoms. The highest BCUT2D eigenvalue weighted by Gasteiger charge is 2.17. The van der Waals surface area contributed by atoms with Crippen molar-refractivity contribution >= 4 is 29.0 Å². The van der Waals surface area contributed by atoms with Crippen molar-refractivity contribution in [2.45, 2.75) is 32.0 Å². The number of benzene rings is 2. The zero-order chi connectivity index (χ0) is 21.7. The van der Waals surface area contributed by atoms with Crippen molar-refractivity contribution in [2.24, 2.45) is 0 Å². The highest BCUT2D eigenvalue weighted by molar-refractivity contribution is 7.99. The fraction of sp³-hybridized carbons (Fsp3) is 0.250. The molecule has 3 aromatic rings. The highest BCUT2D eigenvalue weighted by Crippen LogP contribution is 2.26. The number of carbonyl (C=O) groups excluding carboxylic acids is 1. The Morgan fingerprint density at radius 3 is 2.77 bits per heavy atom. The van der Waals surface area contributed by atoms with Crippen molar-refractivity contribution in [1.82, 2.24) is 14.8 Å². The summed E-state index contributed by atoms with van der Waals surface area (Å²) >= 11 is 1.22. The molecule has 3 rings (SSSR count). The van der Waals surface area contributed by atoms with Crippen molar-refractivity contribution in [2.75, 3.05) is 11.1 Å². The number of anilines is 1. The Hall–Kier alpha value is -3.27. The Balaban J connectivity index is 1.72. The SMILES string of the molecule is CCCn1c(SCC(=O)Nc2ccc(F)c([N+](=O)[O-])c2)nnc1-c1cccc(C)c1. The predicted molar refractivity (Wildman–Crippen MR) is 113 cm³/mol. The van der Waals surface area contributed by atoms with Crippen LogP contribution in [0.15, 0.2) is 47.6 Å². The minimum Gasteiger partial charge on any atom is -0.325 e. The van der Waals surface area contributed by atoms with Crippen LogP contribution in [0.4, 0.5) is 15.8 Å². The molecule has 1 amide bonds. The second kappa shape index (κ2) is 9.49. The van der Waals surface area contributed by atoms with Gasteiger partial charge in [0.15, 0.2) is 11.0 Å². The molecule has 0 spiro atoms. The number of carbonyl (C=O) groups is 1. The summed E-state index contributed by atoms with van der Waals surface area (Å²) in [6.07, 6.45) is 0.871. The van der Waals surface area contributed by atoms with Crippen LogP contribution in [0.25, 0.3) is 11.4 Å². The monoisotopic (exact) mass is 429 g/mol. The van der Waals surface area contributed by atoms with Crippen molar-refractivity contribution in [1.29, 1.82) is 0 Å². The number of thioether (sulfide) groups is 1. The fourth-order valence-electron chi connectivity index (χ4n) is 2.88. The molecule has 0 fully saturated rings. The number of amides is 1. The molecule has 1 N–H and O–H groups in total. The van der Waals surface area contributed by atoms with Crippen LogP contribution in [0.5, 0.6) is 0 Å². The van der Waals surface area contributed by atoms with E-state index in [4.69, 9.17) is 0 Å². The Kier molecular flexibility index (Phi) is 6.78. The number of nitrogens with one attached hydrogen (secondary N) is 1. The summed E-state index contributed by atoms with van der Waals surface area (Å²) in [7, 11) is 0. The van der Waals surface area contributed by atoms with Gasteiger partial charge in [-0.25, -0.2) is 0 Å². The summed E-state index contributed by atoms with van der Waals surface area (Å²) < 4.78 is 15.4. The summed E-state index contributed by atoms with van der Waals surface area (Å²) in [5.41, 5.74) is 1.53. The van der Waals surface area contributed by atoms with Gasteiger partial charge in [-0.2, -0.15) is 4.39 Å². The van der Waals surface area contributed by atoms with Crippen LogP contribution in [-0.2, 0) is 11.3 Å². The molecule has 8 nitrogen and oxygen atoms in total. The number of aromatic nitrogens is 3. The quantitative estimate of drug-likeness (QED) is 0.323. The first-order valence-electron chi connectivity index (χ1n) is 9.26. The van der Waals surface area contributed by atoms with Gasteiger partial charge in [0.1, 0.15) is 0 Å². The lowest BCUT2D eigenvalue weighted by atomic mass is 10.1. The summed E-state index contributed by atoms with van der Waals surface area (Å²) in [5, 5.41) is 22.5. The zero-order valence-corrected chi connectivity index (χ0v) is 17.3. The number of halogens is 1. The van der Waals surface area contributed by atoms with Gasteiger partial charge in [-0.1, -0.05) is 42.4 Å².